The fourth-order valence-electron chi connectivity index (χ4n) is 3.40. The van der Waals surface area contributed by atoms with E-state index in [0.29, 0.717) is 18.0 Å². The molecule has 3 rings (SSSR count). The SMILES string of the molecule is CC(C)n1ncc2cc(CNC3CCCCC3CO)cnc21. The molecule has 0 amide bonds. The Morgan fingerprint density at radius 1 is 1.32 bits per heavy atom. The second-order valence-electron chi connectivity index (χ2n) is 6.65. The maximum Gasteiger partial charge on any atom is 0.157 e. The van der Waals surface area contributed by atoms with Crippen molar-refractivity contribution in [3.8, 4) is 0 Å². The predicted octanol–water partition coefficient (Wildman–Crippen LogP) is 2.65. The van der Waals surface area contributed by atoms with E-state index in [0.717, 1.165) is 30.4 Å². The molecule has 2 N–H and O–H groups in total. The van der Waals surface area contributed by atoms with Crippen LogP contribution in [0.25, 0.3) is 11.0 Å². The maximum absolute atomic E-state index is 9.49. The predicted molar refractivity (Wildman–Crippen MR) is 87.6 cm³/mol. The van der Waals surface area contributed by atoms with Gasteiger partial charge in [-0.1, -0.05) is 12.8 Å². The first-order valence-electron chi connectivity index (χ1n) is 8.35. The van der Waals surface area contributed by atoms with Crippen molar-refractivity contribution in [1.29, 1.82) is 0 Å². The van der Waals surface area contributed by atoms with Crippen LogP contribution in [-0.2, 0) is 6.54 Å². The molecule has 0 spiro atoms. The van der Waals surface area contributed by atoms with Crippen molar-refractivity contribution in [3.05, 3.63) is 24.0 Å². The number of rotatable bonds is 5. The van der Waals surface area contributed by atoms with Crippen LogP contribution < -0.4 is 5.32 Å². The van der Waals surface area contributed by atoms with Crippen LogP contribution in [0.1, 0.15) is 51.1 Å². The molecule has 0 bridgehead atoms. The van der Waals surface area contributed by atoms with Gasteiger partial charge in [-0.15, -0.1) is 0 Å². The molecule has 1 saturated carbocycles. The summed E-state index contributed by atoms with van der Waals surface area (Å²) in [6, 6.07) is 2.91. The number of pyridine rings is 1. The molecule has 5 nitrogen and oxygen atoms in total. The molecule has 0 aliphatic heterocycles. The van der Waals surface area contributed by atoms with Crippen LogP contribution in [0.2, 0.25) is 0 Å². The van der Waals surface area contributed by atoms with E-state index in [1.165, 1.54) is 18.4 Å². The molecule has 2 unspecified atom stereocenters. The zero-order valence-corrected chi connectivity index (χ0v) is 13.5. The summed E-state index contributed by atoms with van der Waals surface area (Å²) >= 11 is 0. The van der Waals surface area contributed by atoms with Crippen molar-refractivity contribution in [2.45, 2.75) is 58.2 Å². The first kappa shape index (κ1) is 15.4. The molecule has 5 heteroatoms. The largest absolute Gasteiger partial charge is 0.396 e. The Kier molecular flexibility index (Phi) is 4.74. The van der Waals surface area contributed by atoms with Crippen LogP contribution in [-0.4, -0.2) is 32.5 Å². The van der Waals surface area contributed by atoms with Gasteiger partial charge in [0.25, 0.3) is 0 Å². The summed E-state index contributed by atoms with van der Waals surface area (Å²) in [5.41, 5.74) is 2.13. The van der Waals surface area contributed by atoms with E-state index in [1.54, 1.807) is 0 Å². The average Bonchev–Trinajstić information content (AvgIpc) is 2.96. The molecule has 0 radical (unpaired) electrons. The molecule has 1 aliphatic carbocycles. The summed E-state index contributed by atoms with van der Waals surface area (Å²) in [4.78, 5) is 4.58. The lowest BCUT2D eigenvalue weighted by Crippen LogP contribution is -2.39. The zero-order chi connectivity index (χ0) is 15.5. The average molecular weight is 302 g/mol. The minimum atomic E-state index is 0.288. The smallest absolute Gasteiger partial charge is 0.157 e. The summed E-state index contributed by atoms with van der Waals surface area (Å²) in [5, 5.41) is 18.6. The Morgan fingerprint density at radius 3 is 2.91 bits per heavy atom. The highest BCUT2D eigenvalue weighted by Gasteiger charge is 2.23. The number of nitrogens with zero attached hydrogens (tertiary/aromatic N) is 3. The van der Waals surface area contributed by atoms with Gasteiger partial charge in [-0.25, -0.2) is 9.67 Å². The molecule has 120 valence electrons. The van der Waals surface area contributed by atoms with Gasteiger partial charge in [0.1, 0.15) is 0 Å². The molecule has 0 aromatic carbocycles. The van der Waals surface area contributed by atoms with Gasteiger partial charge >= 0.3 is 0 Å². The van der Waals surface area contributed by atoms with Crippen LogP contribution in [0.15, 0.2) is 18.5 Å². The molecule has 0 saturated heterocycles. The van der Waals surface area contributed by atoms with Crippen LogP contribution >= 0.6 is 0 Å². The van der Waals surface area contributed by atoms with Crippen molar-refractivity contribution in [2.24, 2.45) is 5.92 Å². The van der Waals surface area contributed by atoms with Crippen LogP contribution in [0.5, 0.6) is 0 Å². The Hall–Kier alpha value is -1.46. The van der Waals surface area contributed by atoms with Gasteiger partial charge in [0.05, 0.1) is 6.20 Å². The van der Waals surface area contributed by atoms with Crippen molar-refractivity contribution in [1.82, 2.24) is 20.1 Å². The fraction of sp³-hybridized carbons (Fsp3) is 0.647. The molecule has 2 aromatic rings. The lowest BCUT2D eigenvalue weighted by Gasteiger charge is -2.31. The molecular weight excluding hydrogens is 276 g/mol. The van der Waals surface area contributed by atoms with E-state index in [9.17, 15) is 5.11 Å². The Balaban J connectivity index is 1.69. The van der Waals surface area contributed by atoms with Crippen molar-refractivity contribution in [2.75, 3.05) is 6.61 Å². The summed E-state index contributed by atoms with van der Waals surface area (Å²) in [5.74, 6) is 0.397. The Morgan fingerprint density at radius 2 is 2.14 bits per heavy atom. The molecule has 2 atom stereocenters. The van der Waals surface area contributed by atoms with E-state index in [-0.39, 0.29) is 6.61 Å². The zero-order valence-electron chi connectivity index (χ0n) is 13.5. The van der Waals surface area contributed by atoms with Crippen LogP contribution in [0.4, 0.5) is 0 Å². The standard InChI is InChI=1S/C17H26N4O/c1-12(2)21-17-15(10-20-21)7-13(9-19-17)8-18-16-6-4-3-5-14(16)11-22/h7,9-10,12,14,16,18,22H,3-6,8,11H2,1-2H3. The number of aliphatic hydroxyl groups excluding tert-OH is 1. The second kappa shape index (κ2) is 6.75. The minimum absolute atomic E-state index is 0.288. The van der Waals surface area contributed by atoms with Gasteiger partial charge in [0.2, 0.25) is 0 Å². The Labute approximate surface area is 131 Å². The lowest BCUT2D eigenvalue weighted by molar-refractivity contribution is 0.152. The lowest BCUT2D eigenvalue weighted by atomic mass is 9.85. The summed E-state index contributed by atoms with van der Waals surface area (Å²) in [6.07, 6.45) is 8.62. The molecule has 1 fully saturated rings. The number of fused-ring (bicyclic) bond motifs is 1. The van der Waals surface area contributed by atoms with E-state index >= 15 is 0 Å². The topological polar surface area (TPSA) is 63.0 Å². The van der Waals surface area contributed by atoms with Gasteiger partial charge in [-0.2, -0.15) is 5.10 Å². The third-order valence-electron chi connectivity index (χ3n) is 4.69. The maximum atomic E-state index is 9.49. The number of nitrogens with one attached hydrogen (secondary N) is 1. The highest BCUT2D eigenvalue weighted by Crippen LogP contribution is 2.24. The number of hydrogen-bond donors (Lipinski definition) is 2. The quantitative estimate of drug-likeness (QED) is 0.891. The fourth-order valence-corrected chi connectivity index (χ4v) is 3.40. The Bertz CT molecular complexity index is 622. The molecule has 2 aromatic heterocycles. The van der Waals surface area contributed by atoms with Crippen molar-refractivity contribution < 1.29 is 5.11 Å². The van der Waals surface area contributed by atoms with Gasteiger partial charge in [0.15, 0.2) is 5.65 Å². The normalized spacial score (nSPS) is 22.5. The molecular formula is C17H26N4O. The molecule has 2 heterocycles. The number of hydrogen-bond acceptors (Lipinski definition) is 4. The van der Waals surface area contributed by atoms with E-state index in [1.807, 2.05) is 17.1 Å². The highest BCUT2D eigenvalue weighted by atomic mass is 16.3. The van der Waals surface area contributed by atoms with Gasteiger partial charge in [-0.3, -0.25) is 0 Å². The van der Waals surface area contributed by atoms with Crippen molar-refractivity contribution in [3.63, 3.8) is 0 Å². The third kappa shape index (κ3) is 3.15. The molecule has 22 heavy (non-hydrogen) atoms. The van der Waals surface area contributed by atoms with Crippen LogP contribution in [0, 0.1) is 5.92 Å². The van der Waals surface area contributed by atoms with Gasteiger partial charge in [-0.05, 0) is 44.2 Å². The third-order valence-corrected chi connectivity index (χ3v) is 4.69. The second-order valence-corrected chi connectivity index (χ2v) is 6.65. The first-order valence-corrected chi connectivity index (χ1v) is 8.35. The summed E-state index contributed by atoms with van der Waals surface area (Å²) < 4.78 is 1.95. The van der Waals surface area contributed by atoms with Gasteiger partial charge < -0.3 is 10.4 Å². The number of aromatic nitrogens is 3. The monoisotopic (exact) mass is 302 g/mol. The van der Waals surface area contributed by atoms with E-state index in [4.69, 9.17) is 0 Å². The van der Waals surface area contributed by atoms with E-state index in [2.05, 4.69) is 35.3 Å². The first-order chi connectivity index (χ1) is 10.7. The van der Waals surface area contributed by atoms with Crippen LogP contribution in [0.3, 0.4) is 0 Å². The summed E-state index contributed by atoms with van der Waals surface area (Å²) in [7, 11) is 0. The van der Waals surface area contributed by atoms with Crippen molar-refractivity contribution >= 4 is 11.0 Å². The number of aliphatic hydroxyl groups is 1. The highest BCUT2D eigenvalue weighted by molar-refractivity contribution is 5.75. The van der Waals surface area contributed by atoms with Gasteiger partial charge in [0, 0.05) is 36.8 Å². The summed E-state index contributed by atoms with van der Waals surface area (Å²) in [6.45, 7) is 5.32. The minimum Gasteiger partial charge on any atom is -0.396 e. The van der Waals surface area contributed by atoms with E-state index < -0.39 is 0 Å². The molecule has 1 aliphatic rings.